The molecule has 0 aromatic rings. The summed E-state index contributed by atoms with van der Waals surface area (Å²) in [4.78, 5) is 0. The highest BCUT2D eigenvalue weighted by Gasteiger charge is 1.91. The van der Waals surface area contributed by atoms with Crippen LogP contribution in [0.2, 0.25) is 0 Å². The fraction of sp³-hybridized carbons (Fsp3) is 1.00. The molecule has 86 valence electrons. The SMILES string of the molecule is COCCOCCCCOCCOC. The molecule has 0 unspecified atom stereocenters. The zero-order valence-corrected chi connectivity index (χ0v) is 9.29. The van der Waals surface area contributed by atoms with Crippen molar-refractivity contribution in [2.75, 3.05) is 53.9 Å². The minimum absolute atomic E-state index is 0.671. The Labute approximate surface area is 86.5 Å². The number of methoxy groups -OCH3 is 2. The zero-order valence-electron chi connectivity index (χ0n) is 9.29. The topological polar surface area (TPSA) is 36.9 Å². The van der Waals surface area contributed by atoms with Crippen molar-refractivity contribution < 1.29 is 18.9 Å². The molecular formula is C10H22O4. The Morgan fingerprint density at radius 1 is 0.571 bits per heavy atom. The largest absolute Gasteiger partial charge is 0.382 e. The Balaban J connectivity index is 2.78. The van der Waals surface area contributed by atoms with Gasteiger partial charge in [0.2, 0.25) is 0 Å². The van der Waals surface area contributed by atoms with Crippen molar-refractivity contribution in [3.05, 3.63) is 0 Å². The van der Waals surface area contributed by atoms with E-state index >= 15 is 0 Å². The van der Waals surface area contributed by atoms with Crippen LogP contribution in [0.4, 0.5) is 0 Å². The Morgan fingerprint density at radius 3 is 1.36 bits per heavy atom. The van der Waals surface area contributed by atoms with Crippen LogP contribution >= 0.6 is 0 Å². The van der Waals surface area contributed by atoms with Crippen LogP contribution in [0.5, 0.6) is 0 Å². The van der Waals surface area contributed by atoms with Crippen LogP contribution < -0.4 is 0 Å². The molecule has 0 amide bonds. The van der Waals surface area contributed by atoms with Crippen molar-refractivity contribution in [2.45, 2.75) is 12.8 Å². The van der Waals surface area contributed by atoms with Crippen molar-refractivity contribution in [3.8, 4) is 0 Å². The monoisotopic (exact) mass is 206 g/mol. The van der Waals surface area contributed by atoms with E-state index in [1.807, 2.05) is 0 Å². The Bertz CT molecular complexity index is 86.1. The van der Waals surface area contributed by atoms with E-state index < -0.39 is 0 Å². The van der Waals surface area contributed by atoms with Crippen molar-refractivity contribution in [2.24, 2.45) is 0 Å². The molecule has 0 saturated heterocycles. The predicted molar refractivity (Wildman–Crippen MR) is 54.6 cm³/mol. The van der Waals surface area contributed by atoms with Crippen LogP contribution in [-0.2, 0) is 18.9 Å². The molecular weight excluding hydrogens is 184 g/mol. The van der Waals surface area contributed by atoms with Crippen molar-refractivity contribution in [1.82, 2.24) is 0 Å². The van der Waals surface area contributed by atoms with Gasteiger partial charge in [0.1, 0.15) is 0 Å². The molecule has 0 aliphatic rings. The molecule has 0 atom stereocenters. The highest BCUT2D eigenvalue weighted by Crippen LogP contribution is 1.91. The molecule has 4 heteroatoms. The summed E-state index contributed by atoms with van der Waals surface area (Å²) < 4.78 is 20.3. The van der Waals surface area contributed by atoms with Gasteiger partial charge in [-0.25, -0.2) is 0 Å². The molecule has 0 heterocycles. The molecule has 0 rings (SSSR count). The molecule has 0 aliphatic carbocycles. The van der Waals surface area contributed by atoms with Gasteiger partial charge in [-0.1, -0.05) is 0 Å². The van der Waals surface area contributed by atoms with Crippen LogP contribution in [0, 0.1) is 0 Å². The summed E-state index contributed by atoms with van der Waals surface area (Å²) >= 11 is 0. The maximum Gasteiger partial charge on any atom is 0.0700 e. The Hall–Kier alpha value is -0.160. The smallest absolute Gasteiger partial charge is 0.0700 e. The lowest BCUT2D eigenvalue weighted by molar-refractivity contribution is 0.0522. The van der Waals surface area contributed by atoms with E-state index in [0.29, 0.717) is 26.4 Å². The minimum Gasteiger partial charge on any atom is -0.382 e. The van der Waals surface area contributed by atoms with Gasteiger partial charge in [0.25, 0.3) is 0 Å². The third-order valence-corrected chi connectivity index (χ3v) is 1.69. The van der Waals surface area contributed by atoms with Gasteiger partial charge >= 0.3 is 0 Å². The second-order valence-electron chi connectivity index (χ2n) is 2.92. The van der Waals surface area contributed by atoms with Gasteiger partial charge in [-0.3, -0.25) is 0 Å². The van der Waals surface area contributed by atoms with Crippen LogP contribution in [0.15, 0.2) is 0 Å². The van der Waals surface area contributed by atoms with Gasteiger partial charge in [-0.05, 0) is 12.8 Å². The van der Waals surface area contributed by atoms with Gasteiger partial charge in [0, 0.05) is 27.4 Å². The van der Waals surface area contributed by atoms with E-state index in [4.69, 9.17) is 18.9 Å². The van der Waals surface area contributed by atoms with Crippen LogP contribution in [-0.4, -0.2) is 53.9 Å². The van der Waals surface area contributed by atoms with Crippen LogP contribution in [0.1, 0.15) is 12.8 Å². The molecule has 4 nitrogen and oxygen atoms in total. The average molecular weight is 206 g/mol. The lowest BCUT2D eigenvalue weighted by atomic mass is 10.3. The van der Waals surface area contributed by atoms with E-state index in [1.54, 1.807) is 14.2 Å². The summed E-state index contributed by atoms with van der Waals surface area (Å²) in [6.45, 7) is 4.28. The standard InChI is InChI=1S/C10H22O4/c1-11-7-9-13-5-3-4-6-14-10-8-12-2/h3-10H2,1-2H3. The first-order chi connectivity index (χ1) is 6.91. The van der Waals surface area contributed by atoms with Gasteiger partial charge in [0.15, 0.2) is 0 Å². The fourth-order valence-electron chi connectivity index (χ4n) is 0.897. The molecule has 0 N–H and O–H groups in total. The minimum atomic E-state index is 0.671. The third-order valence-electron chi connectivity index (χ3n) is 1.69. The van der Waals surface area contributed by atoms with E-state index in [0.717, 1.165) is 26.1 Å². The van der Waals surface area contributed by atoms with Crippen molar-refractivity contribution in [3.63, 3.8) is 0 Å². The lowest BCUT2D eigenvalue weighted by Crippen LogP contribution is -2.06. The second kappa shape index (κ2) is 12.8. The van der Waals surface area contributed by atoms with Crippen molar-refractivity contribution in [1.29, 1.82) is 0 Å². The first kappa shape index (κ1) is 13.8. The number of hydrogen-bond donors (Lipinski definition) is 0. The number of rotatable bonds is 11. The predicted octanol–water partition coefficient (Wildman–Crippen LogP) is 1.09. The van der Waals surface area contributed by atoms with Gasteiger partial charge in [-0.2, -0.15) is 0 Å². The molecule has 0 aromatic heterocycles. The van der Waals surface area contributed by atoms with E-state index in [-0.39, 0.29) is 0 Å². The highest BCUT2D eigenvalue weighted by atomic mass is 16.5. The second-order valence-corrected chi connectivity index (χ2v) is 2.92. The lowest BCUT2D eigenvalue weighted by Gasteiger charge is -2.04. The zero-order chi connectivity index (χ0) is 10.5. The highest BCUT2D eigenvalue weighted by molar-refractivity contribution is 4.38. The van der Waals surface area contributed by atoms with E-state index in [1.165, 1.54) is 0 Å². The van der Waals surface area contributed by atoms with Crippen molar-refractivity contribution >= 4 is 0 Å². The fourth-order valence-corrected chi connectivity index (χ4v) is 0.897. The molecule has 0 aliphatic heterocycles. The average Bonchev–Trinajstić information content (AvgIpc) is 2.21. The summed E-state index contributed by atoms with van der Waals surface area (Å²) in [5.41, 5.74) is 0. The summed E-state index contributed by atoms with van der Waals surface area (Å²) in [5.74, 6) is 0. The normalized spacial score (nSPS) is 10.7. The van der Waals surface area contributed by atoms with E-state index in [2.05, 4.69) is 0 Å². The Morgan fingerprint density at radius 2 is 1.00 bits per heavy atom. The molecule has 0 spiro atoms. The third kappa shape index (κ3) is 11.8. The number of ether oxygens (including phenoxy) is 4. The first-order valence-electron chi connectivity index (χ1n) is 5.05. The van der Waals surface area contributed by atoms with Crippen LogP contribution in [0.25, 0.3) is 0 Å². The quantitative estimate of drug-likeness (QED) is 0.474. The Kier molecular flexibility index (Phi) is 12.7. The van der Waals surface area contributed by atoms with Gasteiger partial charge < -0.3 is 18.9 Å². The van der Waals surface area contributed by atoms with E-state index in [9.17, 15) is 0 Å². The maximum atomic E-state index is 5.30. The molecule has 0 fully saturated rings. The summed E-state index contributed by atoms with van der Waals surface area (Å²) in [7, 11) is 3.35. The summed E-state index contributed by atoms with van der Waals surface area (Å²) in [5, 5.41) is 0. The van der Waals surface area contributed by atoms with Crippen LogP contribution in [0.3, 0.4) is 0 Å². The number of hydrogen-bond acceptors (Lipinski definition) is 4. The van der Waals surface area contributed by atoms with Gasteiger partial charge in [0.05, 0.1) is 26.4 Å². The molecule has 0 aromatic carbocycles. The first-order valence-corrected chi connectivity index (χ1v) is 5.05. The maximum absolute atomic E-state index is 5.30. The molecule has 0 radical (unpaired) electrons. The molecule has 0 saturated carbocycles. The molecule has 14 heavy (non-hydrogen) atoms. The summed E-state index contributed by atoms with van der Waals surface area (Å²) in [6, 6.07) is 0. The van der Waals surface area contributed by atoms with Gasteiger partial charge in [-0.15, -0.1) is 0 Å². The summed E-state index contributed by atoms with van der Waals surface area (Å²) in [6.07, 6.45) is 2.08. The number of unbranched alkanes of at least 4 members (excludes halogenated alkanes) is 1. The molecule has 0 bridgehead atoms.